The van der Waals surface area contributed by atoms with Crippen LogP contribution < -0.4 is 11.1 Å². The number of fused-ring (bicyclic) bond motifs is 1. The van der Waals surface area contributed by atoms with Crippen LogP contribution in [-0.4, -0.2) is 24.8 Å². The molecule has 19 heavy (non-hydrogen) atoms. The fourth-order valence-corrected chi connectivity index (χ4v) is 4.26. The fraction of sp³-hybridized carbons (Fsp3) is 0.357. The molecule has 3 N–H and O–H groups in total. The summed E-state index contributed by atoms with van der Waals surface area (Å²) in [6, 6.07) is 5.57. The Kier molecular flexibility index (Phi) is 3.74. The molecule has 0 aliphatic carbocycles. The minimum atomic E-state index is -1.47. The lowest BCUT2D eigenvalue weighted by atomic mass is 10.1. The van der Waals surface area contributed by atoms with Gasteiger partial charge in [0.15, 0.2) is 0 Å². The van der Waals surface area contributed by atoms with Crippen LogP contribution in [0.2, 0.25) is 19.6 Å². The molecule has 1 aromatic carbocycles. The monoisotopic (exact) mass is 294 g/mol. The van der Waals surface area contributed by atoms with E-state index < -0.39 is 14.0 Å². The normalized spacial score (nSPS) is 12.0. The zero-order valence-electron chi connectivity index (χ0n) is 11.5. The highest BCUT2D eigenvalue weighted by molar-refractivity contribution is 6.88. The molecule has 102 valence electrons. The van der Waals surface area contributed by atoms with Crippen molar-refractivity contribution in [3.05, 3.63) is 29.3 Å². The molecular formula is C14H19ClN2OSi. The van der Waals surface area contributed by atoms with Gasteiger partial charge in [-0.3, -0.25) is 4.79 Å². The summed E-state index contributed by atoms with van der Waals surface area (Å²) < 4.78 is 0. The third-order valence-electron chi connectivity index (χ3n) is 3.29. The number of primary amides is 1. The highest BCUT2D eigenvalue weighted by Gasteiger charge is 2.24. The smallest absolute Gasteiger partial charge is 0.248 e. The van der Waals surface area contributed by atoms with Gasteiger partial charge < -0.3 is 10.7 Å². The Morgan fingerprint density at radius 1 is 1.37 bits per heavy atom. The first-order valence-corrected chi connectivity index (χ1v) is 10.4. The molecule has 3 nitrogen and oxygen atoms in total. The number of carbonyl (C=O) groups excluding carboxylic acids is 1. The zero-order chi connectivity index (χ0) is 14.2. The number of alkyl halides is 1. The van der Waals surface area contributed by atoms with E-state index in [1.165, 1.54) is 10.9 Å². The minimum absolute atomic E-state index is 0.394. The summed E-state index contributed by atoms with van der Waals surface area (Å²) in [5.41, 5.74) is 8.20. The van der Waals surface area contributed by atoms with E-state index in [1.54, 1.807) is 6.07 Å². The van der Waals surface area contributed by atoms with E-state index in [9.17, 15) is 4.79 Å². The topological polar surface area (TPSA) is 58.9 Å². The third-order valence-corrected chi connectivity index (χ3v) is 5.40. The molecule has 1 heterocycles. The first kappa shape index (κ1) is 14.2. The molecule has 0 atom stereocenters. The summed E-state index contributed by atoms with van der Waals surface area (Å²) in [6.45, 7) is 6.89. The number of carbonyl (C=O) groups is 1. The molecule has 0 spiro atoms. The zero-order valence-corrected chi connectivity index (χ0v) is 13.3. The van der Waals surface area contributed by atoms with E-state index in [4.69, 9.17) is 17.3 Å². The van der Waals surface area contributed by atoms with Crippen LogP contribution in [0.3, 0.4) is 0 Å². The molecule has 0 bridgehead atoms. The average Bonchev–Trinajstić information content (AvgIpc) is 2.68. The van der Waals surface area contributed by atoms with Gasteiger partial charge in [0.05, 0.1) is 8.07 Å². The summed E-state index contributed by atoms with van der Waals surface area (Å²) in [5.74, 6) is 0.181. The SMILES string of the molecule is C[Si](C)(C)c1[nH]c2ccc(C(N)=O)cc2c1CCCl. The quantitative estimate of drug-likeness (QED) is 0.661. The Morgan fingerprint density at radius 2 is 2.05 bits per heavy atom. The van der Waals surface area contributed by atoms with Crippen LogP contribution in [0, 0.1) is 0 Å². The number of hydrogen-bond donors (Lipinski definition) is 2. The van der Waals surface area contributed by atoms with Gasteiger partial charge in [-0.25, -0.2) is 0 Å². The number of benzene rings is 1. The maximum Gasteiger partial charge on any atom is 0.248 e. The molecule has 1 amide bonds. The van der Waals surface area contributed by atoms with Crippen molar-refractivity contribution in [2.75, 3.05) is 5.88 Å². The molecule has 1 aromatic heterocycles. The highest BCUT2D eigenvalue weighted by Crippen LogP contribution is 2.22. The number of hydrogen-bond acceptors (Lipinski definition) is 1. The Hall–Kier alpha value is -1.26. The maximum absolute atomic E-state index is 11.3. The van der Waals surface area contributed by atoms with E-state index in [-0.39, 0.29) is 0 Å². The lowest BCUT2D eigenvalue weighted by Gasteiger charge is -2.16. The number of aromatic amines is 1. The van der Waals surface area contributed by atoms with Crippen molar-refractivity contribution < 1.29 is 4.79 Å². The van der Waals surface area contributed by atoms with Crippen molar-refractivity contribution in [2.24, 2.45) is 5.73 Å². The molecule has 0 saturated heterocycles. The molecule has 0 radical (unpaired) electrons. The molecule has 0 aliphatic rings. The summed E-state index contributed by atoms with van der Waals surface area (Å²) >= 11 is 5.93. The Bertz CT molecular complexity index is 628. The second-order valence-corrected chi connectivity index (χ2v) is 11.2. The number of nitrogens with two attached hydrogens (primary N) is 1. The summed E-state index contributed by atoms with van der Waals surface area (Å²) in [5, 5.41) is 2.39. The van der Waals surface area contributed by atoms with Crippen molar-refractivity contribution in [1.29, 1.82) is 0 Å². The standard InChI is InChI=1S/C14H19ClN2OSi/c1-19(2,3)14-10(6-7-15)11-8-9(13(16)18)4-5-12(11)17-14/h4-5,8,17H,6-7H2,1-3H3,(H2,16,18). The molecule has 0 saturated carbocycles. The number of halogens is 1. The van der Waals surface area contributed by atoms with Crippen molar-refractivity contribution in [3.63, 3.8) is 0 Å². The largest absolute Gasteiger partial charge is 0.366 e. The summed E-state index contributed by atoms with van der Waals surface area (Å²) in [6.07, 6.45) is 0.809. The van der Waals surface area contributed by atoms with E-state index in [0.29, 0.717) is 11.4 Å². The minimum Gasteiger partial charge on any atom is -0.366 e. The molecule has 0 fully saturated rings. The molecule has 0 unspecified atom stereocenters. The van der Waals surface area contributed by atoms with Gasteiger partial charge in [0.1, 0.15) is 0 Å². The van der Waals surface area contributed by atoms with Crippen LogP contribution in [0.4, 0.5) is 0 Å². The number of H-pyrrole nitrogens is 1. The van der Waals surface area contributed by atoms with Gasteiger partial charge in [-0.2, -0.15) is 0 Å². The predicted octanol–water partition coefficient (Wildman–Crippen LogP) is 2.59. The first-order valence-electron chi connectivity index (χ1n) is 6.35. The van der Waals surface area contributed by atoms with Crippen molar-refractivity contribution in [3.8, 4) is 0 Å². The lowest BCUT2D eigenvalue weighted by molar-refractivity contribution is 0.100. The third kappa shape index (κ3) is 2.69. The number of aromatic nitrogens is 1. The van der Waals surface area contributed by atoms with Gasteiger partial charge in [0, 0.05) is 27.7 Å². The van der Waals surface area contributed by atoms with Gasteiger partial charge in [-0.1, -0.05) is 19.6 Å². The molecule has 5 heteroatoms. The van der Waals surface area contributed by atoms with E-state index in [0.717, 1.165) is 17.3 Å². The fourth-order valence-electron chi connectivity index (χ4n) is 2.40. The summed E-state index contributed by atoms with van der Waals surface area (Å²) in [7, 11) is -1.47. The first-order chi connectivity index (χ1) is 8.84. The van der Waals surface area contributed by atoms with Crippen molar-refractivity contribution in [1.82, 2.24) is 4.98 Å². The maximum atomic E-state index is 11.3. The van der Waals surface area contributed by atoms with Crippen LogP contribution in [0.5, 0.6) is 0 Å². The Labute approximate surface area is 119 Å². The number of rotatable bonds is 4. The van der Waals surface area contributed by atoms with Crippen LogP contribution in [0.1, 0.15) is 15.9 Å². The van der Waals surface area contributed by atoms with Crippen LogP contribution >= 0.6 is 11.6 Å². The number of amides is 1. The lowest BCUT2D eigenvalue weighted by Crippen LogP contribution is -2.41. The summed E-state index contributed by atoms with van der Waals surface area (Å²) in [4.78, 5) is 14.8. The molecular weight excluding hydrogens is 276 g/mol. The second-order valence-electron chi connectivity index (χ2n) is 5.79. The predicted molar refractivity (Wildman–Crippen MR) is 84.2 cm³/mol. The van der Waals surface area contributed by atoms with Gasteiger partial charge in [0.2, 0.25) is 5.91 Å². The van der Waals surface area contributed by atoms with Gasteiger partial charge >= 0.3 is 0 Å². The van der Waals surface area contributed by atoms with E-state index in [1.807, 2.05) is 12.1 Å². The Balaban J connectivity index is 2.71. The van der Waals surface area contributed by atoms with Gasteiger partial charge in [0.25, 0.3) is 0 Å². The van der Waals surface area contributed by atoms with Crippen LogP contribution in [-0.2, 0) is 6.42 Å². The number of aryl methyl sites for hydroxylation is 1. The molecule has 2 aromatic rings. The van der Waals surface area contributed by atoms with E-state index in [2.05, 4.69) is 24.6 Å². The average molecular weight is 295 g/mol. The molecule has 2 rings (SSSR count). The Morgan fingerprint density at radius 3 is 2.58 bits per heavy atom. The number of nitrogens with one attached hydrogen (secondary N) is 1. The van der Waals surface area contributed by atoms with Gasteiger partial charge in [-0.05, 0) is 30.2 Å². The van der Waals surface area contributed by atoms with Crippen molar-refractivity contribution in [2.45, 2.75) is 26.1 Å². The van der Waals surface area contributed by atoms with Crippen LogP contribution in [0.25, 0.3) is 10.9 Å². The van der Waals surface area contributed by atoms with Crippen molar-refractivity contribution >= 4 is 41.8 Å². The van der Waals surface area contributed by atoms with Crippen LogP contribution in [0.15, 0.2) is 18.2 Å². The molecule has 0 aliphatic heterocycles. The van der Waals surface area contributed by atoms with E-state index >= 15 is 0 Å². The second kappa shape index (κ2) is 5.02. The van der Waals surface area contributed by atoms with Gasteiger partial charge in [-0.15, -0.1) is 11.6 Å². The highest BCUT2D eigenvalue weighted by atomic mass is 35.5.